The Hall–Kier alpha value is -2.15. The number of carbonyl (C=O) groups is 1. The van der Waals surface area contributed by atoms with Crippen molar-refractivity contribution in [2.45, 2.75) is 46.2 Å². The lowest BCUT2D eigenvalue weighted by atomic mass is 10.2. The Bertz CT molecular complexity index is 1010. The quantitative estimate of drug-likeness (QED) is 0.423. The zero-order valence-corrected chi connectivity index (χ0v) is 19.4. The number of halogens is 1. The van der Waals surface area contributed by atoms with Crippen molar-refractivity contribution < 1.29 is 9.53 Å². The van der Waals surface area contributed by atoms with E-state index in [1.807, 2.05) is 49.6 Å². The van der Waals surface area contributed by atoms with Gasteiger partial charge in [-0.3, -0.25) is 4.79 Å². The first-order chi connectivity index (χ1) is 14.5. The largest absolute Gasteiger partial charge is 0.385 e. The molecule has 1 unspecified atom stereocenters. The van der Waals surface area contributed by atoms with E-state index in [1.54, 1.807) is 18.4 Å². The summed E-state index contributed by atoms with van der Waals surface area (Å²) in [5.74, 6) is -0.0462. The highest BCUT2D eigenvalue weighted by Crippen LogP contribution is 2.34. The molecule has 2 heterocycles. The fraction of sp³-hybridized carbons (Fsp3) is 0.391. The maximum absolute atomic E-state index is 12.8. The minimum absolute atomic E-state index is 0.0462. The van der Waals surface area contributed by atoms with Gasteiger partial charge in [-0.15, -0.1) is 11.3 Å². The number of ether oxygens (including phenoxy) is 1. The van der Waals surface area contributed by atoms with E-state index in [0.717, 1.165) is 47.0 Å². The average molecular weight is 446 g/mol. The molecule has 0 bridgehead atoms. The summed E-state index contributed by atoms with van der Waals surface area (Å²) in [6.45, 7) is 7.48. The Morgan fingerprint density at radius 1 is 1.37 bits per heavy atom. The topological polar surface area (TPSA) is 56.2 Å². The van der Waals surface area contributed by atoms with Crippen LogP contribution in [0, 0.1) is 6.92 Å². The Kier molecular flexibility index (Phi) is 7.69. The molecule has 5 nitrogen and oxygen atoms in total. The van der Waals surface area contributed by atoms with Crippen LogP contribution in [0.15, 0.2) is 35.7 Å². The molecular weight excluding hydrogens is 418 g/mol. The molecule has 0 aliphatic rings. The summed E-state index contributed by atoms with van der Waals surface area (Å²) >= 11 is 7.91. The standard InChI is InChI=1S/C23H28ClN3O2S/c1-5-15(2)25-22(28)18-13-21(27(16(18)3)11-8-12-29-4)20-14-30-23(26-20)17-9-6-7-10-19(17)24/h6-7,9-10,13-15H,5,8,11-12H2,1-4H3,(H,25,28). The lowest BCUT2D eigenvalue weighted by Gasteiger charge is -2.12. The number of hydrogen-bond donors (Lipinski definition) is 1. The number of aromatic nitrogens is 2. The van der Waals surface area contributed by atoms with Crippen LogP contribution in [0.1, 0.15) is 42.7 Å². The molecular formula is C23H28ClN3O2S. The lowest BCUT2D eigenvalue weighted by Crippen LogP contribution is -2.32. The van der Waals surface area contributed by atoms with E-state index in [0.29, 0.717) is 17.2 Å². The predicted octanol–water partition coefficient (Wildman–Crippen LogP) is 5.81. The Morgan fingerprint density at radius 3 is 2.83 bits per heavy atom. The zero-order valence-electron chi connectivity index (χ0n) is 17.9. The van der Waals surface area contributed by atoms with Crippen LogP contribution in [0.2, 0.25) is 5.02 Å². The fourth-order valence-corrected chi connectivity index (χ4v) is 4.43. The van der Waals surface area contributed by atoms with Gasteiger partial charge in [0.05, 0.1) is 22.0 Å². The third kappa shape index (κ3) is 4.94. The highest BCUT2D eigenvalue weighted by atomic mass is 35.5. The third-order valence-electron chi connectivity index (χ3n) is 5.20. The van der Waals surface area contributed by atoms with Gasteiger partial charge in [0.2, 0.25) is 0 Å². The number of rotatable bonds is 9. The summed E-state index contributed by atoms with van der Waals surface area (Å²) in [4.78, 5) is 17.7. The average Bonchev–Trinajstić information content (AvgIpc) is 3.34. The van der Waals surface area contributed by atoms with Gasteiger partial charge in [0.25, 0.3) is 5.91 Å². The molecule has 3 rings (SSSR count). The minimum Gasteiger partial charge on any atom is -0.385 e. The molecule has 1 amide bonds. The van der Waals surface area contributed by atoms with Gasteiger partial charge in [-0.25, -0.2) is 4.98 Å². The molecule has 0 saturated heterocycles. The molecule has 0 saturated carbocycles. The Balaban J connectivity index is 1.99. The summed E-state index contributed by atoms with van der Waals surface area (Å²) in [6, 6.07) is 9.78. The summed E-state index contributed by atoms with van der Waals surface area (Å²) in [5, 5.41) is 6.64. The second kappa shape index (κ2) is 10.2. The van der Waals surface area contributed by atoms with Gasteiger partial charge < -0.3 is 14.6 Å². The molecule has 2 aromatic heterocycles. The van der Waals surface area contributed by atoms with Crippen molar-refractivity contribution in [3.63, 3.8) is 0 Å². The van der Waals surface area contributed by atoms with Gasteiger partial charge in [0, 0.05) is 42.9 Å². The first-order valence-corrected chi connectivity index (χ1v) is 11.4. The van der Waals surface area contributed by atoms with E-state index in [4.69, 9.17) is 21.3 Å². The number of benzene rings is 1. The van der Waals surface area contributed by atoms with Gasteiger partial charge in [-0.1, -0.05) is 36.7 Å². The summed E-state index contributed by atoms with van der Waals surface area (Å²) in [5.41, 5.74) is 4.33. The third-order valence-corrected chi connectivity index (χ3v) is 6.41. The molecule has 7 heteroatoms. The smallest absolute Gasteiger partial charge is 0.253 e. The fourth-order valence-electron chi connectivity index (χ4n) is 3.30. The van der Waals surface area contributed by atoms with Crippen molar-refractivity contribution in [1.29, 1.82) is 0 Å². The maximum atomic E-state index is 12.8. The van der Waals surface area contributed by atoms with Crippen LogP contribution in [0.3, 0.4) is 0 Å². The first kappa shape index (κ1) is 22.5. The van der Waals surface area contributed by atoms with Gasteiger partial charge >= 0.3 is 0 Å². The van der Waals surface area contributed by atoms with Crippen molar-refractivity contribution in [1.82, 2.24) is 14.9 Å². The number of thiazole rings is 1. The number of hydrogen-bond acceptors (Lipinski definition) is 4. The van der Waals surface area contributed by atoms with Crippen LogP contribution in [-0.2, 0) is 11.3 Å². The number of nitrogens with one attached hydrogen (secondary N) is 1. The van der Waals surface area contributed by atoms with Crippen LogP contribution < -0.4 is 5.32 Å². The Morgan fingerprint density at radius 2 is 2.13 bits per heavy atom. The monoisotopic (exact) mass is 445 g/mol. The van der Waals surface area contributed by atoms with Gasteiger partial charge in [-0.2, -0.15) is 0 Å². The molecule has 1 atom stereocenters. The van der Waals surface area contributed by atoms with Gasteiger partial charge in [0.1, 0.15) is 5.01 Å². The molecule has 160 valence electrons. The summed E-state index contributed by atoms with van der Waals surface area (Å²) in [6.07, 6.45) is 1.74. The normalized spacial score (nSPS) is 12.2. The molecule has 1 N–H and O–H groups in total. The van der Waals surface area contributed by atoms with Crippen LogP contribution in [0.25, 0.3) is 22.0 Å². The van der Waals surface area contributed by atoms with E-state index in [9.17, 15) is 4.79 Å². The summed E-state index contributed by atoms with van der Waals surface area (Å²) in [7, 11) is 1.70. The molecule has 0 radical (unpaired) electrons. The molecule has 0 fully saturated rings. The molecule has 0 spiro atoms. The second-order valence-corrected chi connectivity index (χ2v) is 8.59. The first-order valence-electron chi connectivity index (χ1n) is 10.2. The maximum Gasteiger partial charge on any atom is 0.253 e. The van der Waals surface area contributed by atoms with Crippen molar-refractivity contribution in [3.8, 4) is 22.0 Å². The highest BCUT2D eigenvalue weighted by molar-refractivity contribution is 7.13. The molecule has 3 aromatic rings. The number of methoxy groups -OCH3 is 1. The van der Waals surface area contributed by atoms with Gasteiger partial charge in [-0.05, 0) is 38.8 Å². The van der Waals surface area contributed by atoms with Crippen molar-refractivity contribution >= 4 is 28.8 Å². The van der Waals surface area contributed by atoms with Crippen LogP contribution in [-0.4, -0.2) is 35.2 Å². The minimum atomic E-state index is -0.0462. The number of nitrogens with zero attached hydrogens (tertiary/aromatic N) is 2. The van der Waals surface area contributed by atoms with E-state index in [2.05, 4.69) is 16.8 Å². The van der Waals surface area contributed by atoms with Crippen molar-refractivity contribution in [2.75, 3.05) is 13.7 Å². The van der Waals surface area contributed by atoms with Gasteiger partial charge in [0.15, 0.2) is 0 Å². The van der Waals surface area contributed by atoms with Crippen LogP contribution >= 0.6 is 22.9 Å². The second-order valence-electron chi connectivity index (χ2n) is 7.33. The van der Waals surface area contributed by atoms with Crippen molar-refractivity contribution in [3.05, 3.63) is 52.0 Å². The lowest BCUT2D eigenvalue weighted by molar-refractivity contribution is 0.0938. The Labute approximate surface area is 187 Å². The predicted molar refractivity (Wildman–Crippen MR) is 124 cm³/mol. The molecule has 0 aliphatic heterocycles. The van der Waals surface area contributed by atoms with E-state index >= 15 is 0 Å². The SMILES string of the molecule is CCC(C)NC(=O)c1cc(-c2csc(-c3ccccc3Cl)n2)n(CCCOC)c1C. The molecule has 0 aliphatic carbocycles. The van der Waals surface area contributed by atoms with Crippen molar-refractivity contribution in [2.24, 2.45) is 0 Å². The highest BCUT2D eigenvalue weighted by Gasteiger charge is 2.21. The molecule has 1 aromatic carbocycles. The van der Waals surface area contributed by atoms with E-state index in [-0.39, 0.29) is 11.9 Å². The van der Waals surface area contributed by atoms with E-state index < -0.39 is 0 Å². The van der Waals surface area contributed by atoms with E-state index in [1.165, 1.54) is 0 Å². The van der Waals surface area contributed by atoms with Crippen LogP contribution in [0.5, 0.6) is 0 Å². The number of carbonyl (C=O) groups excluding carboxylic acids is 1. The zero-order chi connectivity index (χ0) is 21.7. The number of amides is 1. The molecule has 30 heavy (non-hydrogen) atoms. The summed E-state index contributed by atoms with van der Waals surface area (Å²) < 4.78 is 7.39. The van der Waals surface area contributed by atoms with Crippen LogP contribution in [0.4, 0.5) is 0 Å².